The van der Waals surface area contributed by atoms with Crippen LogP contribution in [0, 0.1) is 0 Å². The number of primary amides is 1. The van der Waals surface area contributed by atoms with Gasteiger partial charge in [0.25, 0.3) is 5.91 Å². The second-order valence-electron chi connectivity index (χ2n) is 4.59. The highest BCUT2D eigenvalue weighted by Gasteiger charge is 2.48. The fraction of sp³-hybridized carbons (Fsp3) is 0.308. The Kier molecular flexibility index (Phi) is 3.25. The van der Waals surface area contributed by atoms with Crippen molar-refractivity contribution in [2.24, 2.45) is 5.73 Å². The van der Waals surface area contributed by atoms with Crippen LogP contribution in [-0.2, 0) is 15.1 Å². The first-order chi connectivity index (χ1) is 8.95. The molecule has 19 heavy (non-hydrogen) atoms. The third kappa shape index (κ3) is 2.29. The van der Waals surface area contributed by atoms with Gasteiger partial charge in [0.2, 0.25) is 5.91 Å². The second kappa shape index (κ2) is 4.72. The Bertz CT molecular complexity index is 529. The molecule has 0 aromatic heterocycles. The van der Waals surface area contributed by atoms with Crippen molar-refractivity contribution in [2.45, 2.75) is 18.9 Å². The normalized spacial score (nSPS) is 22.5. The molecule has 2 rings (SSSR count). The van der Waals surface area contributed by atoms with Crippen molar-refractivity contribution in [1.82, 2.24) is 10.2 Å². The number of hydrogen-bond acceptors (Lipinski definition) is 3. The van der Waals surface area contributed by atoms with Crippen molar-refractivity contribution in [3.05, 3.63) is 35.9 Å². The highest BCUT2D eigenvalue weighted by molar-refractivity contribution is 6.07. The van der Waals surface area contributed by atoms with Gasteiger partial charge in [0.05, 0.1) is 0 Å². The van der Waals surface area contributed by atoms with Crippen molar-refractivity contribution < 1.29 is 14.4 Å². The fourth-order valence-corrected chi connectivity index (χ4v) is 2.09. The molecule has 1 fully saturated rings. The molecule has 1 aromatic carbocycles. The summed E-state index contributed by atoms with van der Waals surface area (Å²) in [5, 5.41) is 2.66. The zero-order valence-corrected chi connectivity index (χ0v) is 10.6. The molecule has 1 saturated heterocycles. The van der Waals surface area contributed by atoms with Crippen molar-refractivity contribution in [1.29, 1.82) is 0 Å². The van der Waals surface area contributed by atoms with E-state index in [9.17, 15) is 14.4 Å². The van der Waals surface area contributed by atoms with Crippen LogP contribution in [0.1, 0.15) is 18.9 Å². The molecule has 1 atom stereocenters. The van der Waals surface area contributed by atoms with Gasteiger partial charge >= 0.3 is 6.03 Å². The topological polar surface area (TPSA) is 92.5 Å². The third-order valence-corrected chi connectivity index (χ3v) is 3.21. The van der Waals surface area contributed by atoms with Crippen LogP contribution in [0.25, 0.3) is 0 Å². The van der Waals surface area contributed by atoms with Crippen LogP contribution in [0.15, 0.2) is 30.3 Å². The predicted octanol–water partition coefficient (Wildman–Crippen LogP) is 0.329. The van der Waals surface area contributed by atoms with E-state index in [1.54, 1.807) is 31.2 Å². The molecule has 3 N–H and O–H groups in total. The quantitative estimate of drug-likeness (QED) is 0.765. The fourth-order valence-electron chi connectivity index (χ4n) is 2.09. The lowest BCUT2D eigenvalue weighted by molar-refractivity contribution is -0.131. The van der Waals surface area contributed by atoms with E-state index in [-0.39, 0.29) is 18.9 Å². The van der Waals surface area contributed by atoms with Crippen LogP contribution < -0.4 is 11.1 Å². The van der Waals surface area contributed by atoms with Crippen LogP contribution in [0.2, 0.25) is 0 Å². The Morgan fingerprint density at radius 1 is 1.32 bits per heavy atom. The number of nitrogens with two attached hydrogens (primary N) is 1. The summed E-state index contributed by atoms with van der Waals surface area (Å²) in [6, 6.07) is 8.47. The molecule has 0 aliphatic carbocycles. The third-order valence-electron chi connectivity index (χ3n) is 3.21. The van der Waals surface area contributed by atoms with Crippen molar-refractivity contribution in [3.8, 4) is 0 Å². The number of imide groups is 1. The van der Waals surface area contributed by atoms with Crippen LogP contribution in [0.4, 0.5) is 4.79 Å². The number of urea groups is 1. The summed E-state index contributed by atoms with van der Waals surface area (Å²) >= 11 is 0. The molecule has 1 heterocycles. The molecular formula is C13H15N3O3. The van der Waals surface area contributed by atoms with Crippen molar-refractivity contribution in [2.75, 3.05) is 6.54 Å². The number of rotatable bonds is 4. The smallest absolute Gasteiger partial charge is 0.325 e. The molecule has 0 saturated carbocycles. The lowest BCUT2D eigenvalue weighted by Gasteiger charge is -2.22. The van der Waals surface area contributed by atoms with Gasteiger partial charge in [-0.1, -0.05) is 30.3 Å². The van der Waals surface area contributed by atoms with Gasteiger partial charge in [0.1, 0.15) is 5.54 Å². The number of nitrogens with zero attached hydrogens (tertiary/aromatic N) is 1. The molecule has 1 aromatic rings. The minimum absolute atomic E-state index is 0.00240. The van der Waals surface area contributed by atoms with Gasteiger partial charge in [-0.05, 0) is 12.5 Å². The first-order valence-electron chi connectivity index (χ1n) is 5.93. The first kappa shape index (κ1) is 13.1. The maximum Gasteiger partial charge on any atom is 0.325 e. The van der Waals surface area contributed by atoms with E-state index in [0.29, 0.717) is 5.56 Å². The van der Waals surface area contributed by atoms with Gasteiger partial charge < -0.3 is 11.1 Å². The lowest BCUT2D eigenvalue weighted by atomic mass is 9.92. The lowest BCUT2D eigenvalue weighted by Crippen LogP contribution is -2.41. The minimum atomic E-state index is -1.09. The molecule has 1 aliphatic rings. The largest absolute Gasteiger partial charge is 0.370 e. The zero-order valence-electron chi connectivity index (χ0n) is 10.6. The van der Waals surface area contributed by atoms with Crippen molar-refractivity contribution >= 4 is 17.8 Å². The highest BCUT2D eigenvalue weighted by Crippen LogP contribution is 2.28. The van der Waals surface area contributed by atoms with Gasteiger partial charge in [-0.3, -0.25) is 14.5 Å². The monoisotopic (exact) mass is 261 g/mol. The van der Waals surface area contributed by atoms with E-state index in [1.165, 1.54) is 0 Å². The summed E-state index contributed by atoms with van der Waals surface area (Å²) in [5.74, 6) is -0.918. The molecule has 6 heteroatoms. The molecule has 100 valence electrons. The average Bonchev–Trinajstić information content (AvgIpc) is 2.60. The maximum atomic E-state index is 12.3. The number of nitrogens with one attached hydrogen (secondary N) is 1. The zero-order chi connectivity index (χ0) is 14.0. The van der Waals surface area contributed by atoms with E-state index >= 15 is 0 Å². The Balaban J connectivity index is 2.24. The standard InChI is InChI=1S/C13H15N3O3/c1-13(9-5-3-2-4-6-9)11(18)16(12(19)15-13)8-7-10(14)17/h2-6H,7-8H2,1H3,(H2,14,17)(H,15,19)/t13-/m1/s1. The van der Waals surface area contributed by atoms with Gasteiger partial charge in [-0.15, -0.1) is 0 Å². The van der Waals surface area contributed by atoms with Crippen LogP contribution >= 0.6 is 0 Å². The summed E-state index contributed by atoms with van der Waals surface area (Å²) in [6.07, 6.45) is -0.0377. The molecule has 1 aliphatic heterocycles. The van der Waals surface area contributed by atoms with Gasteiger partial charge in [0, 0.05) is 13.0 Å². The SMILES string of the molecule is C[C@]1(c2ccccc2)NC(=O)N(CCC(N)=O)C1=O. The molecule has 0 radical (unpaired) electrons. The molecule has 0 spiro atoms. The van der Waals surface area contributed by atoms with E-state index in [2.05, 4.69) is 5.32 Å². The number of carbonyl (C=O) groups excluding carboxylic acids is 3. The summed E-state index contributed by atoms with van der Waals surface area (Å²) in [5.41, 5.74) is 4.65. The Morgan fingerprint density at radius 3 is 2.53 bits per heavy atom. The number of hydrogen-bond donors (Lipinski definition) is 2. The number of amides is 4. The predicted molar refractivity (Wildman–Crippen MR) is 67.9 cm³/mol. The second-order valence-corrected chi connectivity index (χ2v) is 4.59. The van der Waals surface area contributed by atoms with Gasteiger partial charge in [0.15, 0.2) is 0 Å². The molecule has 6 nitrogen and oxygen atoms in total. The number of carbonyl (C=O) groups is 3. The first-order valence-corrected chi connectivity index (χ1v) is 5.93. The summed E-state index contributed by atoms with van der Waals surface area (Å²) < 4.78 is 0. The summed E-state index contributed by atoms with van der Waals surface area (Å²) in [6.45, 7) is 1.65. The Morgan fingerprint density at radius 2 is 1.95 bits per heavy atom. The molecule has 0 bridgehead atoms. The Labute approximate surface area is 110 Å². The maximum absolute atomic E-state index is 12.3. The van der Waals surface area contributed by atoms with Crippen LogP contribution in [0.5, 0.6) is 0 Å². The summed E-state index contributed by atoms with van der Waals surface area (Å²) in [7, 11) is 0. The highest BCUT2D eigenvalue weighted by atomic mass is 16.2. The van der Waals surface area contributed by atoms with Crippen LogP contribution in [0.3, 0.4) is 0 Å². The average molecular weight is 261 g/mol. The molecule has 0 unspecified atom stereocenters. The van der Waals surface area contributed by atoms with E-state index < -0.39 is 17.5 Å². The molecule has 4 amide bonds. The van der Waals surface area contributed by atoms with E-state index in [1.807, 2.05) is 6.07 Å². The van der Waals surface area contributed by atoms with E-state index in [4.69, 9.17) is 5.73 Å². The van der Waals surface area contributed by atoms with Gasteiger partial charge in [-0.25, -0.2) is 4.79 Å². The van der Waals surface area contributed by atoms with Crippen molar-refractivity contribution in [3.63, 3.8) is 0 Å². The number of benzene rings is 1. The molecular weight excluding hydrogens is 246 g/mol. The van der Waals surface area contributed by atoms with Crippen LogP contribution in [-0.4, -0.2) is 29.3 Å². The van der Waals surface area contributed by atoms with E-state index in [0.717, 1.165) is 4.90 Å². The Hall–Kier alpha value is -2.37. The minimum Gasteiger partial charge on any atom is -0.370 e. The van der Waals surface area contributed by atoms with Gasteiger partial charge in [-0.2, -0.15) is 0 Å². The summed E-state index contributed by atoms with van der Waals surface area (Å²) in [4.78, 5) is 35.9.